The number of carbonyl (C=O) groups excluding carboxylic acids is 3. The number of nitrogens with zero attached hydrogens (tertiary/aromatic N) is 4. The highest BCUT2D eigenvalue weighted by atomic mass is 35.5. The molecule has 3 amide bonds. The van der Waals surface area contributed by atoms with Crippen molar-refractivity contribution in [2.24, 2.45) is 4.99 Å². The lowest BCUT2D eigenvalue weighted by molar-refractivity contribution is -0.137. The first-order valence-corrected chi connectivity index (χ1v) is 12.3. The number of likely N-dealkylation sites (N-methyl/N-ethyl adjacent to an activating group) is 1. The second-order valence-electron chi connectivity index (χ2n) is 8.54. The number of anilines is 1. The van der Waals surface area contributed by atoms with E-state index in [9.17, 15) is 27.6 Å². The normalized spacial score (nSPS) is 14.8. The van der Waals surface area contributed by atoms with Crippen LogP contribution in [0.1, 0.15) is 25.8 Å². The molecule has 1 aromatic rings. The molecule has 0 saturated carbocycles. The first kappa shape index (κ1) is 30.9. The molecule has 0 aliphatic carbocycles. The van der Waals surface area contributed by atoms with Crippen LogP contribution in [0.2, 0.25) is 5.02 Å². The summed E-state index contributed by atoms with van der Waals surface area (Å²) in [4.78, 5) is 46.9. The van der Waals surface area contributed by atoms with E-state index >= 15 is 0 Å². The van der Waals surface area contributed by atoms with Gasteiger partial charge < -0.3 is 30.7 Å². The van der Waals surface area contributed by atoms with Crippen LogP contribution < -0.4 is 16.0 Å². The Balaban J connectivity index is 2.21. The van der Waals surface area contributed by atoms with Gasteiger partial charge in [0.05, 0.1) is 35.8 Å². The van der Waals surface area contributed by atoms with Crippen molar-refractivity contribution in [1.29, 1.82) is 0 Å². The van der Waals surface area contributed by atoms with E-state index in [2.05, 4.69) is 20.9 Å². The fourth-order valence-electron chi connectivity index (χ4n) is 3.75. The summed E-state index contributed by atoms with van der Waals surface area (Å²) in [5.74, 6) is -1.13. The third kappa shape index (κ3) is 8.62. The quantitative estimate of drug-likeness (QED) is 0.231. The summed E-state index contributed by atoms with van der Waals surface area (Å²) in [6.45, 7) is 5.06. The predicted molar refractivity (Wildman–Crippen MR) is 139 cm³/mol. The summed E-state index contributed by atoms with van der Waals surface area (Å²) >= 11 is 5.93. The van der Waals surface area contributed by atoms with Gasteiger partial charge in [-0.3, -0.25) is 19.4 Å². The first-order chi connectivity index (χ1) is 17.9. The Labute approximate surface area is 224 Å². The van der Waals surface area contributed by atoms with Crippen LogP contribution >= 0.6 is 11.6 Å². The van der Waals surface area contributed by atoms with Crippen LogP contribution in [0.5, 0.6) is 0 Å². The standard InChI is InChI=1S/C24H33ClF3N7O3/c1-5-19(31-15-30-14-29-3)22(35-10-8-34(9-11-35)16(2)36)23(38)33(4)13-21(37)32-20-7-6-17(12-18(20)25)24(26,27)28/h6-7,12,15,29H,5,8-11,13-14H2,1-4H3,(H,30,31)(H,32,37)/b22-19+. The Morgan fingerprint density at radius 3 is 2.32 bits per heavy atom. The number of nitrogens with one attached hydrogen (secondary N) is 3. The van der Waals surface area contributed by atoms with Crippen molar-refractivity contribution >= 4 is 41.3 Å². The zero-order chi connectivity index (χ0) is 28.5. The van der Waals surface area contributed by atoms with Crippen LogP contribution in [0.3, 0.4) is 0 Å². The Kier molecular flexibility index (Phi) is 11.4. The van der Waals surface area contributed by atoms with Gasteiger partial charge in [-0.2, -0.15) is 13.2 Å². The molecule has 0 bridgehead atoms. The summed E-state index contributed by atoms with van der Waals surface area (Å²) in [6.07, 6.45) is -2.63. The maximum absolute atomic E-state index is 13.6. The van der Waals surface area contributed by atoms with Crippen LogP contribution in [0.15, 0.2) is 34.6 Å². The third-order valence-electron chi connectivity index (χ3n) is 5.76. The van der Waals surface area contributed by atoms with Gasteiger partial charge in [-0.1, -0.05) is 18.5 Å². The van der Waals surface area contributed by atoms with E-state index in [-0.39, 0.29) is 23.2 Å². The minimum Gasteiger partial charge on any atom is -0.362 e. The van der Waals surface area contributed by atoms with Gasteiger partial charge in [-0.05, 0) is 31.7 Å². The lowest BCUT2D eigenvalue weighted by Gasteiger charge is -2.38. The zero-order valence-corrected chi connectivity index (χ0v) is 22.5. The molecule has 1 fully saturated rings. The molecule has 0 atom stereocenters. The smallest absolute Gasteiger partial charge is 0.362 e. The van der Waals surface area contributed by atoms with Gasteiger partial charge in [0.2, 0.25) is 11.8 Å². The molecule has 1 aromatic carbocycles. The summed E-state index contributed by atoms with van der Waals surface area (Å²) in [7, 11) is 3.19. The fourth-order valence-corrected chi connectivity index (χ4v) is 3.98. The van der Waals surface area contributed by atoms with Crippen LogP contribution in [-0.2, 0) is 20.6 Å². The minimum absolute atomic E-state index is 0.00158. The molecule has 2 rings (SSSR count). The van der Waals surface area contributed by atoms with E-state index in [0.717, 1.165) is 18.2 Å². The molecule has 38 heavy (non-hydrogen) atoms. The molecule has 0 radical (unpaired) electrons. The predicted octanol–water partition coefficient (Wildman–Crippen LogP) is 2.34. The number of hydrogen-bond acceptors (Lipinski definition) is 6. The summed E-state index contributed by atoms with van der Waals surface area (Å²) in [5, 5.41) is 8.12. The maximum Gasteiger partial charge on any atom is 0.416 e. The van der Waals surface area contributed by atoms with E-state index in [1.807, 2.05) is 11.8 Å². The number of rotatable bonds is 10. The van der Waals surface area contributed by atoms with Gasteiger partial charge in [0.1, 0.15) is 5.70 Å². The number of allylic oxidation sites excluding steroid dienone is 1. The number of hydrogen-bond donors (Lipinski definition) is 3. The Morgan fingerprint density at radius 1 is 1.16 bits per heavy atom. The molecule has 1 heterocycles. The number of alkyl halides is 3. The summed E-state index contributed by atoms with van der Waals surface area (Å²) in [5.41, 5.74) is -0.0118. The van der Waals surface area contributed by atoms with E-state index < -0.39 is 23.6 Å². The first-order valence-electron chi connectivity index (χ1n) is 11.9. The fraction of sp³-hybridized carbons (Fsp3) is 0.500. The van der Waals surface area contributed by atoms with Crippen LogP contribution in [0.25, 0.3) is 0 Å². The van der Waals surface area contributed by atoms with Crippen LogP contribution in [0, 0.1) is 0 Å². The molecule has 1 aliphatic rings. The van der Waals surface area contributed by atoms with Gasteiger partial charge >= 0.3 is 6.18 Å². The second kappa shape index (κ2) is 14.0. The van der Waals surface area contributed by atoms with Crippen molar-refractivity contribution in [2.75, 3.05) is 58.8 Å². The van der Waals surface area contributed by atoms with Gasteiger partial charge in [0.25, 0.3) is 5.91 Å². The highest BCUT2D eigenvalue weighted by Crippen LogP contribution is 2.33. The Morgan fingerprint density at radius 2 is 1.79 bits per heavy atom. The second-order valence-corrected chi connectivity index (χ2v) is 8.95. The van der Waals surface area contributed by atoms with Gasteiger partial charge in [-0.25, -0.2) is 0 Å². The van der Waals surface area contributed by atoms with Crippen molar-refractivity contribution in [1.82, 2.24) is 25.3 Å². The van der Waals surface area contributed by atoms with Gasteiger partial charge in [0, 0.05) is 45.8 Å². The van der Waals surface area contributed by atoms with Crippen LogP contribution in [0.4, 0.5) is 18.9 Å². The minimum atomic E-state index is -4.57. The molecule has 1 aliphatic heterocycles. The number of aliphatic imine (C=N–C) groups is 1. The SMILES string of the molecule is CC/C(N/C=N/CNC)=C(/C(=O)N(C)CC(=O)Nc1ccc(C(F)(F)F)cc1Cl)N1CCN(C(C)=O)CC1. The number of benzene rings is 1. The lowest BCUT2D eigenvalue weighted by atomic mass is 10.1. The van der Waals surface area contributed by atoms with E-state index in [0.29, 0.717) is 50.7 Å². The monoisotopic (exact) mass is 559 g/mol. The van der Waals surface area contributed by atoms with Crippen molar-refractivity contribution < 1.29 is 27.6 Å². The molecule has 3 N–H and O–H groups in total. The zero-order valence-electron chi connectivity index (χ0n) is 21.8. The van der Waals surface area contributed by atoms with Crippen molar-refractivity contribution in [3.8, 4) is 0 Å². The molecule has 0 spiro atoms. The van der Waals surface area contributed by atoms with Crippen LogP contribution in [-0.4, -0.2) is 92.2 Å². The van der Waals surface area contributed by atoms with E-state index in [1.165, 1.54) is 25.2 Å². The third-order valence-corrected chi connectivity index (χ3v) is 6.07. The average Bonchev–Trinajstić information content (AvgIpc) is 2.86. The van der Waals surface area contributed by atoms with Crippen molar-refractivity contribution in [3.63, 3.8) is 0 Å². The van der Waals surface area contributed by atoms with Crippen molar-refractivity contribution in [2.45, 2.75) is 26.4 Å². The maximum atomic E-state index is 13.6. The number of halogens is 4. The van der Waals surface area contributed by atoms with Gasteiger partial charge in [-0.15, -0.1) is 0 Å². The Hall–Kier alpha value is -3.32. The molecule has 0 aromatic heterocycles. The van der Waals surface area contributed by atoms with Gasteiger partial charge in [0.15, 0.2) is 0 Å². The molecule has 10 nitrogen and oxygen atoms in total. The number of amides is 3. The summed E-state index contributed by atoms with van der Waals surface area (Å²) < 4.78 is 38.7. The molecule has 1 saturated heterocycles. The van der Waals surface area contributed by atoms with E-state index in [4.69, 9.17) is 11.6 Å². The highest BCUT2D eigenvalue weighted by Gasteiger charge is 2.31. The Bertz CT molecular complexity index is 1070. The molecular weight excluding hydrogens is 527 g/mol. The number of carbonyl (C=O) groups is 3. The molecular formula is C24H33ClF3N7O3. The van der Waals surface area contributed by atoms with Crippen molar-refractivity contribution in [3.05, 3.63) is 40.2 Å². The highest BCUT2D eigenvalue weighted by molar-refractivity contribution is 6.33. The topological polar surface area (TPSA) is 109 Å². The molecule has 14 heteroatoms. The lowest BCUT2D eigenvalue weighted by Crippen LogP contribution is -2.51. The van der Waals surface area contributed by atoms with E-state index in [1.54, 1.807) is 11.9 Å². The molecule has 0 unspecified atom stereocenters. The summed E-state index contributed by atoms with van der Waals surface area (Å²) in [6, 6.07) is 2.60. The molecule has 210 valence electrons. The number of piperazine rings is 1. The largest absolute Gasteiger partial charge is 0.416 e. The average molecular weight is 560 g/mol.